The van der Waals surface area contributed by atoms with Gasteiger partial charge in [0.05, 0.1) is 0 Å². The van der Waals surface area contributed by atoms with Gasteiger partial charge in [-0.1, -0.05) is 81.3 Å². The molecule has 2 rings (SSSR count). The Kier molecular flexibility index (Phi) is 5.25. The van der Waals surface area contributed by atoms with Gasteiger partial charge >= 0.3 is 0 Å². The minimum atomic E-state index is 0.335. The Labute approximate surface area is 127 Å². The third-order valence-corrected chi connectivity index (χ3v) is 4.48. The summed E-state index contributed by atoms with van der Waals surface area (Å²) in [5.74, 6) is 1.09. The van der Waals surface area contributed by atoms with Gasteiger partial charge in [-0.2, -0.15) is 0 Å². The van der Waals surface area contributed by atoms with E-state index < -0.39 is 0 Å². The van der Waals surface area contributed by atoms with Crippen molar-refractivity contribution in [2.45, 2.75) is 39.5 Å². The Morgan fingerprint density at radius 2 is 1.60 bits per heavy atom. The average molecular weight is 287 g/mol. The van der Waals surface area contributed by atoms with Gasteiger partial charge in [0.1, 0.15) is 0 Å². The van der Waals surface area contributed by atoms with Gasteiger partial charge in [0.15, 0.2) is 0 Å². The van der Waals surface area contributed by atoms with Crippen LogP contribution in [-0.2, 0) is 6.42 Å². The monoisotopic (exact) mass is 286 g/mol. The van der Waals surface area contributed by atoms with Crippen molar-refractivity contribution in [3.05, 3.63) is 70.2 Å². The largest absolute Gasteiger partial charge is 0.0840 e. The van der Waals surface area contributed by atoms with Crippen LogP contribution in [0.5, 0.6) is 0 Å². The maximum atomic E-state index is 6.29. The molecule has 0 aliphatic carbocycles. The zero-order chi connectivity index (χ0) is 14.5. The van der Waals surface area contributed by atoms with E-state index in [4.69, 9.17) is 11.6 Å². The van der Waals surface area contributed by atoms with Gasteiger partial charge in [0.25, 0.3) is 0 Å². The zero-order valence-electron chi connectivity index (χ0n) is 12.6. The highest BCUT2D eigenvalue weighted by atomic mass is 35.5. The first-order valence-corrected chi connectivity index (χ1v) is 7.82. The van der Waals surface area contributed by atoms with E-state index in [2.05, 4.69) is 57.2 Å². The average Bonchev–Trinajstić information content (AvgIpc) is 2.47. The van der Waals surface area contributed by atoms with Crippen molar-refractivity contribution >= 4 is 11.6 Å². The number of benzene rings is 2. The molecule has 0 saturated heterocycles. The highest BCUT2D eigenvalue weighted by molar-refractivity contribution is 6.31. The second-order valence-corrected chi connectivity index (χ2v) is 6.11. The highest BCUT2D eigenvalue weighted by Gasteiger charge is 2.11. The normalized spacial score (nSPS) is 14.0. The Morgan fingerprint density at radius 1 is 0.950 bits per heavy atom. The molecular formula is C19H23Cl. The van der Waals surface area contributed by atoms with Crippen LogP contribution in [0.3, 0.4) is 0 Å². The molecule has 0 aliphatic rings. The first kappa shape index (κ1) is 15.1. The van der Waals surface area contributed by atoms with Crippen molar-refractivity contribution in [2.75, 3.05) is 0 Å². The fraction of sp³-hybridized carbons (Fsp3) is 0.368. The van der Waals surface area contributed by atoms with Crippen molar-refractivity contribution in [2.24, 2.45) is 5.92 Å². The molecule has 106 valence electrons. The van der Waals surface area contributed by atoms with Crippen LogP contribution >= 0.6 is 11.6 Å². The molecule has 0 aromatic heterocycles. The lowest BCUT2D eigenvalue weighted by Crippen LogP contribution is -2.00. The molecule has 2 atom stereocenters. The van der Waals surface area contributed by atoms with Gasteiger partial charge < -0.3 is 0 Å². The summed E-state index contributed by atoms with van der Waals surface area (Å²) in [6, 6.07) is 17.1. The van der Waals surface area contributed by atoms with Gasteiger partial charge in [-0.25, -0.2) is 0 Å². The van der Waals surface area contributed by atoms with Crippen molar-refractivity contribution in [1.82, 2.24) is 0 Å². The fourth-order valence-corrected chi connectivity index (χ4v) is 2.79. The summed E-state index contributed by atoms with van der Waals surface area (Å²) < 4.78 is 0. The third-order valence-electron chi connectivity index (χ3n) is 4.13. The maximum absolute atomic E-state index is 6.29. The summed E-state index contributed by atoms with van der Waals surface area (Å²) in [6.45, 7) is 6.77. The standard InChI is InChI=1S/C19H23Cl/c1-4-14(2)13-16-9-11-17(12-10-16)15(3)18-7-5-6-8-19(18)20/h5-12,14-15H,4,13H2,1-3H3. The van der Waals surface area contributed by atoms with E-state index >= 15 is 0 Å². The maximum Gasteiger partial charge on any atom is 0.0444 e. The fourth-order valence-electron chi connectivity index (χ4n) is 2.49. The quantitative estimate of drug-likeness (QED) is 0.625. The highest BCUT2D eigenvalue weighted by Crippen LogP contribution is 2.30. The molecule has 0 nitrogen and oxygen atoms in total. The van der Waals surface area contributed by atoms with Gasteiger partial charge in [-0.05, 0) is 35.1 Å². The Bertz CT molecular complexity index is 542. The van der Waals surface area contributed by atoms with Gasteiger partial charge in [-0.3, -0.25) is 0 Å². The zero-order valence-corrected chi connectivity index (χ0v) is 13.3. The van der Waals surface area contributed by atoms with E-state index in [9.17, 15) is 0 Å². The predicted octanol–water partition coefficient (Wildman–Crippen LogP) is 6.08. The van der Waals surface area contributed by atoms with Crippen LogP contribution in [0.15, 0.2) is 48.5 Å². The van der Waals surface area contributed by atoms with Gasteiger partial charge in [0.2, 0.25) is 0 Å². The van der Waals surface area contributed by atoms with Crippen molar-refractivity contribution in [1.29, 1.82) is 0 Å². The van der Waals surface area contributed by atoms with Crippen molar-refractivity contribution < 1.29 is 0 Å². The van der Waals surface area contributed by atoms with Crippen molar-refractivity contribution in [3.63, 3.8) is 0 Å². The summed E-state index contributed by atoms with van der Waals surface area (Å²) in [6.07, 6.45) is 2.40. The molecule has 0 heterocycles. The molecule has 0 aliphatic heterocycles. The minimum absolute atomic E-state index is 0.335. The van der Waals surface area contributed by atoms with E-state index in [1.807, 2.05) is 12.1 Å². The van der Waals surface area contributed by atoms with Crippen LogP contribution in [0, 0.1) is 5.92 Å². The molecule has 2 aromatic carbocycles. The molecule has 0 saturated carbocycles. The molecule has 0 N–H and O–H groups in total. The number of hydrogen-bond acceptors (Lipinski definition) is 0. The van der Waals surface area contributed by atoms with Crippen LogP contribution in [0.2, 0.25) is 5.02 Å². The third kappa shape index (κ3) is 3.64. The van der Waals surface area contributed by atoms with Gasteiger partial charge in [0, 0.05) is 10.9 Å². The van der Waals surface area contributed by atoms with Crippen LogP contribution in [0.1, 0.15) is 49.8 Å². The van der Waals surface area contributed by atoms with E-state index in [1.165, 1.54) is 23.1 Å². The molecule has 0 amide bonds. The number of halogens is 1. The molecule has 0 radical (unpaired) electrons. The molecule has 20 heavy (non-hydrogen) atoms. The molecule has 0 spiro atoms. The lowest BCUT2D eigenvalue weighted by molar-refractivity contribution is 0.560. The Morgan fingerprint density at radius 3 is 2.20 bits per heavy atom. The Hall–Kier alpha value is -1.27. The number of hydrogen-bond donors (Lipinski definition) is 0. The lowest BCUT2D eigenvalue weighted by atomic mass is 9.91. The van der Waals surface area contributed by atoms with Crippen LogP contribution < -0.4 is 0 Å². The second-order valence-electron chi connectivity index (χ2n) is 5.70. The van der Waals surface area contributed by atoms with E-state index in [-0.39, 0.29) is 0 Å². The molecule has 2 unspecified atom stereocenters. The SMILES string of the molecule is CCC(C)Cc1ccc(C(C)c2ccccc2Cl)cc1. The predicted molar refractivity (Wildman–Crippen MR) is 88.6 cm³/mol. The first-order valence-electron chi connectivity index (χ1n) is 7.45. The summed E-state index contributed by atoms with van der Waals surface area (Å²) >= 11 is 6.29. The molecule has 2 aromatic rings. The smallest absolute Gasteiger partial charge is 0.0444 e. The molecule has 0 fully saturated rings. The van der Waals surface area contributed by atoms with Crippen molar-refractivity contribution in [3.8, 4) is 0 Å². The van der Waals surface area contributed by atoms with Crippen LogP contribution in [0.25, 0.3) is 0 Å². The Balaban J connectivity index is 2.16. The van der Waals surface area contributed by atoms with Gasteiger partial charge in [-0.15, -0.1) is 0 Å². The molecular weight excluding hydrogens is 264 g/mol. The summed E-state index contributed by atoms with van der Waals surface area (Å²) in [5.41, 5.74) is 3.95. The summed E-state index contributed by atoms with van der Waals surface area (Å²) in [7, 11) is 0. The van der Waals surface area contributed by atoms with Crippen LogP contribution in [0.4, 0.5) is 0 Å². The van der Waals surface area contributed by atoms with E-state index in [0.717, 1.165) is 17.4 Å². The summed E-state index contributed by atoms with van der Waals surface area (Å²) in [5, 5.41) is 0.851. The number of rotatable bonds is 5. The lowest BCUT2D eigenvalue weighted by Gasteiger charge is -2.15. The van der Waals surface area contributed by atoms with Crippen LogP contribution in [-0.4, -0.2) is 0 Å². The minimum Gasteiger partial charge on any atom is -0.0840 e. The molecule has 0 bridgehead atoms. The second kappa shape index (κ2) is 6.95. The molecule has 1 heteroatoms. The topological polar surface area (TPSA) is 0 Å². The van der Waals surface area contributed by atoms with E-state index in [1.54, 1.807) is 0 Å². The first-order chi connectivity index (χ1) is 9.61. The van der Waals surface area contributed by atoms with E-state index in [0.29, 0.717) is 5.92 Å². The summed E-state index contributed by atoms with van der Waals surface area (Å²) in [4.78, 5) is 0.